The highest BCUT2D eigenvalue weighted by Crippen LogP contribution is 2.19. The minimum atomic E-state index is -3.43. The molecule has 0 aliphatic carbocycles. The van der Waals surface area contributed by atoms with Gasteiger partial charge in [0.1, 0.15) is 5.82 Å². The van der Waals surface area contributed by atoms with Crippen LogP contribution in [-0.4, -0.2) is 38.2 Å². The van der Waals surface area contributed by atoms with E-state index in [1.807, 2.05) is 13.8 Å². The second kappa shape index (κ2) is 7.36. The normalized spacial score (nSPS) is 12.3. The van der Waals surface area contributed by atoms with Crippen molar-refractivity contribution in [1.82, 2.24) is 4.31 Å². The molecule has 0 N–H and O–H groups in total. The first-order valence-corrected chi connectivity index (χ1v) is 8.20. The summed E-state index contributed by atoms with van der Waals surface area (Å²) in [7, 11) is -1.96. The smallest absolute Gasteiger partial charge is 0.216 e. The van der Waals surface area contributed by atoms with Gasteiger partial charge in [-0.25, -0.2) is 17.1 Å². The zero-order valence-electron chi connectivity index (χ0n) is 11.8. The topological polar surface area (TPSA) is 46.6 Å². The van der Waals surface area contributed by atoms with Crippen LogP contribution in [0.4, 0.5) is 4.39 Å². The first-order chi connectivity index (χ1) is 9.22. The van der Waals surface area contributed by atoms with Crippen LogP contribution in [-0.2, 0) is 21.3 Å². The molecule has 1 aromatic carbocycles. The van der Waals surface area contributed by atoms with Crippen LogP contribution in [0.5, 0.6) is 0 Å². The molecule has 1 rings (SSSR count). The van der Waals surface area contributed by atoms with Crippen molar-refractivity contribution in [3.05, 3.63) is 34.6 Å². The van der Waals surface area contributed by atoms with E-state index < -0.39 is 15.8 Å². The number of nitrogens with zero attached hydrogens (tertiary/aromatic N) is 1. The van der Waals surface area contributed by atoms with Gasteiger partial charge in [0.25, 0.3) is 0 Å². The molecule has 0 saturated heterocycles. The second-order valence-corrected chi connectivity index (χ2v) is 7.33. The molecule has 0 unspecified atom stereocenters. The largest absolute Gasteiger partial charge is 0.378 e. The number of hydrogen-bond acceptors (Lipinski definition) is 3. The van der Waals surface area contributed by atoms with Crippen LogP contribution < -0.4 is 0 Å². The van der Waals surface area contributed by atoms with E-state index in [4.69, 9.17) is 16.3 Å². The SMILES string of the molecule is CC(C)OCCS(=O)(=O)N(C)Cc1ccc(F)cc1Cl. The van der Waals surface area contributed by atoms with Gasteiger partial charge in [0.2, 0.25) is 10.0 Å². The van der Waals surface area contributed by atoms with E-state index in [1.165, 1.54) is 29.6 Å². The summed E-state index contributed by atoms with van der Waals surface area (Å²) in [6.45, 7) is 3.92. The maximum absolute atomic E-state index is 12.9. The average molecular weight is 324 g/mol. The Hall–Kier alpha value is -0.690. The molecule has 0 bridgehead atoms. The summed E-state index contributed by atoms with van der Waals surface area (Å²) < 4.78 is 43.4. The average Bonchev–Trinajstić information content (AvgIpc) is 2.31. The Bertz CT molecular complexity index is 549. The molecule has 0 saturated carbocycles. The fraction of sp³-hybridized carbons (Fsp3) is 0.538. The van der Waals surface area contributed by atoms with Crippen molar-refractivity contribution in [1.29, 1.82) is 0 Å². The predicted molar refractivity (Wildman–Crippen MR) is 77.8 cm³/mol. The van der Waals surface area contributed by atoms with Crippen LogP contribution in [0.15, 0.2) is 18.2 Å². The van der Waals surface area contributed by atoms with Crippen molar-refractivity contribution in [2.75, 3.05) is 19.4 Å². The molecule has 114 valence electrons. The minimum Gasteiger partial charge on any atom is -0.378 e. The summed E-state index contributed by atoms with van der Waals surface area (Å²) in [5.41, 5.74) is 0.559. The molecular weight excluding hydrogens is 305 g/mol. The Morgan fingerprint density at radius 1 is 1.40 bits per heavy atom. The molecule has 0 aromatic heterocycles. The monoisotopic (exact) mass is 323 g/mol. The van der Waals surface area contributed by atoms with Crippen molar-refractivity contribution in [3.8, 4) is 0 Å². The van der Waals surface area contributed by atoms with E-state index in [0.29, 0.717) is 5.56 Å². The Labute approximate surface area is 124 Å². The number of benzene rings is 1. The zero-order valence-corrected chi connectivity index (χ0v) is 13.3. The maximum atomic E-state index is 12.9. The zero-order chi connectivity index (χ0) is 15.3. The predicted octanol–water partition coefficient (Wildman–Crippen LogP) is 2.67. The molecule has 20 heavy (non-hydrogen) atoms. The van der Waals surface area contributed by atoms with Crippen molar-refractivity contribution in [2.45, 2.75) is 26.5 Å². The third kappa shape index (κ3) is 5.36. The highest BCUT2D eigenvalue weighted by molar-refractivity contribution is 7.89. The lowest BCUT2D eigenvalue weighted by atomic mass is 10.2. The van der Waals surface area contributed by atoms with Gasteiger partial charge in [0, 0.05) is 18.6 Å². The van der Waals surface area contributed by atoms with E-state index in [0.717, 1.165) is 0 Å². The summed E-state index contributed by atoms with van der Waals surface area (Å²) in [5.74, 6) is -0.546. The van der Waals surface area contributed by atoms with Gasteiger partial charge >= 0.3 is 0 Å². The second-order valence-electron chi connectivity index (χ2n) is 4.73. The number of rotatable bonds is 7. The van der Waals surface area contributed by atoms with Gasteiger partial charge in [-0.1, -0.05) is 17.7 Å². The molecule has 0 heterocycles. The van der Waals surface area contributed by atoms with Gasteiger partial charge in [0.15, 0.2) is 0 Å². The standard InChI is InChI=1S/C13H19ClFNO3S/c1-10(2)19-6-7-20(17,18)16(3)9-11-4-5-12(15)8-13(11)14/h4-5,8,10H,6-7,9H2,1-3H3. The first-order valence-electron chi connectivity index (χ1n) is 6.22. The lowest BCUT2D eigenvalue weighted by molar-refractivity contribution is 0.0907. The van der Waals surface area contributed by atoms with Crippen LogP contribution >= 0.6 is 11.6 Å². The molecule has 0 radical (unpaired) electrons. The van der Waals surface area contributed by atoms with E-state index in [9.17, 15) is 12.8 Å². The molecule has 7 heteroatoms. The summed E-state index contributed by atoms with van der Waals surface area (Å²) in [4.78, 5) is 0. The van der Waals surface area contributed by atoms with Gasteiger partial charge < -0.3 is 4.74 Å². The van der Waals surface area contributed by atoms with E-state index in [2.05, 4.69) is 0 Å². The fourth-order valence-corrected chi connectivity index (χ4v) is 2.71. The van der Waals surface area contributed by atoms with Crippen LogP contribution in [0.1, 0.15) is 19.4 Å². The van der Waals surface area contributed by atoms with Gasteiger partial charge in [-0.2, -0.15) is 0 Å². The lowest BCUT2D eigenvalue weighted by Crippen LogP contribution is -2.31. The quantitative estimate of drug-likeness (QED) is 0.775. The first kappa shape index (κ1) is 17.4. The van der Waals surface area contributed by atoms with Gasteiger partial charge in [-0.15, -0.1) is 0 Å². The molecule has 0 aliphatic rings. The summed E-state index contributed by atoms with van der Waals surface area (Å²) in [6.07, 6.45) is -0.0120. The van der Waals surface area contributed by atoms with Crippen LogP contribution in [0.25, 0.3) is 0 Å². The number of sulfonamides is 1. The van der Waals surface area contributed by atoms with Gasteiger partial charge in [-0.3, -0.25) is 0 Å². The molecule has 1 aromatic rings. The van der Waals surface area contributed by atoms with E-state index in [1.54, 1.807) is 0 Å². The minimum absolute atomic E-state index is 0.0120. The summed E-state index contributed by atoms with van der Waals surface area (Å²) in [6, 6.07) is 3.90. The van der Waals surface area contributed by atoms with E-state index in [-0.39, 0.29) is 30.0 Å². The Morgan fingerprint density at radius 2 is 2.05 bits per heavy atom. The van der Waals surface area contributed by atoms with E-state index >= 15 is 0 Å². The Balaban J connectivity index is 2.67. The summed E-state index contributed by atoms with van der Waals surface area (Å²) in [5, 5.41) is 0.213. The third-order valence-corrected chi connectivity index (χ3v) is 4.79. The molecule has 0 aliphatic heterocycles. The number of hydrogen-bond donors (Lipinski definition) is 0. The maximum Gasteiger partial charge on any atom is 0.216 e. The Kier molecular flexibility index (Phi) is 6.39. The van der Waals surface area contributed by atoms with Gasteiger partial charge in [-0.05, 0) is 31.5 Å². The van der Waals surface area contributed by atoms with Crippen LogP contribution in [0.2, 0.25) is 5.02 Å². The number of ether oxygens (including phenoxy) is 1. The molecule has 0 atom stereocenters. The lowest BCUT2D eigenvalue weighted by Gasteiger charge is -2.18. The molecule has 0 fully saturated rings. The van der Waals surface area contributed by atoms with Gasteiger partial charge in [0.05, 0.1) is 18.5 Å². The van der Waals surface area contributed by atoms with Crippen molar-refractivity contribution in [2.24, 2.45) is 0 Å². The summed E-state index contributed by atoms with van der Waals surface area (Å²) >= 11 is 5.88. The molecular formula is C13H19ClFNO3S. The van der Waals surface area contributed by atoms with Crippen molar-refractivity contribution < 1.29 is 17.5 Å². The van der Waals surface area contributed by atoms with Crippen molar-refractivity contribution in [3.63, 3.8) is 0 Å². The van der Waals surface area contributed by atoms with Crippen molar-refractivity contribution >= 4 is 21.6 Å². The van der Waals surface area contributed by atoms with Crippen LogP contribution in [0.3, 0.4) is 0 Å². The third-order valence-electron chi connectivity index (χ3n) is 2.68. The Morgan fingerprint density at radius 3 is 2.60 bits per heavy atom. The molecule has 0 amide bonds. The fourth-order valence-electron chi connectivity index (χ4n) is 1.53. The molecule has 0 spiro atoms. The number of halogens is 2. The molecule has 4 nitrogen and oxygen atoms in total. The van der Waals surface area contributed by atoms with Crippen LogP contribution in [0, 0.1) is 5.82 Å². The highest BCUT2D eigenvalue weighted by atomic mass is 35.5. The highest BCUT2D eigenvalue weighted by Gasteiger charge is 2.19.